The highest BCUT2D eigenvalue weighted by atomic mass is 35.5. The summed E-state index contributed by atoms with van der Waals surface area (Å²) in [6, 6.07) is 20.7. The smallest absolute Gasteiger partial charge is 0.231 e. The molecule has 1 atom stereocenters. The molecule has 0 spiro atoms. The summed E-state index contributed by atoms with van der Waals surface area (Å²) in [6.45, 7) is 3.12. The van der Waals surface area contributed by atoms with Crippen molar-refractivity contribution in [2.45, 2.75) is 37.1 Å². The molecule has 3 aromatic rings. The first-order chi connectivity index (χ1) is 14.2. The highest BCUT2D eigenvalue weighted by Crippen LogP contribution is 2.49. The number of amides is 1. The lowest BCUT2D eigenvalue weighted by molar-refractivity contribution is -0.124. The van der Waals surface area contributed by atoms with Crippen molar-refractivity contribution in [3.05, 3.63) is 78.0 Å². The number of rotatable bonds is 6. The molecular weight excluding hydrogens is 394 g/mol. The number of carbonyl (C=O) groups excluding carboxylic acids is 1. The molecule has 4 nitrogen and oxygen atoms in total. The van der Waals surface area contributed by atoms with E-state index >= 15 is 0 Å². The minimum absolute atomic E-state index is 0. The van der Waals surface area contributed by atoms with Gasteiger partial charge in [-0.05, 0) is 62.0 Å². The predicted octanol–water partition coefficient (Wildman–Crippen LogP) is 4.64. The average molecular weight is 422 g/mol. The molecule has 2 aromatic carbocycles. The normalized spacial score (nSPS) is 18.5. The number of benzene rings is 2. The van der Waals surface area contributed by atoms with E-state index in [1.54, 1.807) is 0 Å². The van der Waals surface area contributed by atoms with Crippen LogP contribution < -0.4 is 5.32 Å². The van der Waals surface area contributed by atoms with Gasteiger partial charge in [0.25, 0.3) is 0 Å². The number of fused-ring (bicyclic) bond motifs is 1. The Morgan fingerprint density at radius 3 is 2.47 bits per heavy atom. The van der Waals surface area contributed by atoms with E-state index in [1.165, 1.54) is 18.4 Å². The van der Waals surface area contributed by atoms with Crippen LogP contribution in [0.5, 0.6) is 0 Å². The maximum absolute atomic E-state index is 13.5. The van der Waals surface area contributed by atoms with Crippen molar-refractivity contribution in [1.29, 1.82) is 0 Å². The molecule has 1 saturated carbocycles. The van der Waals surface area contributed by atoms with Gasteiger partial charge in [-0.3, -0.25) is 9.78 Å². The number of hydrogen-bond acceptors (Lipinski definition) is 3. The van der Waals surface area contributed by atoms with Crippen LogP contribution >= 0.6 is 12.4 Å². The first kappa shape index (κ1) is 20.8. The molecule has 1 aliphatic carbocycles. The lowest BCUT2D eigenvalue weighted by Crippen LogP contribution is -2.41. The van der Waals surface area contributed by atoms with Gasteiger partial charge >= 0.3 is 0 Å². The van der Waals surface area contributed by atoms with Gasteiger partial charge in [0.05, 0.1) is 17.0 Å². The summed E-state index contributed by atoms with van der Waals surface area (Å²) in [5, 5.41) is 4.50. The zero-order valence-corrected chi connectivity index (χ0v) is 17.9. The van der Waals surface area contributed by atoms with E-state index in [2.05, 4.69) is 51.6 Å². The molecule has 0 radical (unpaired) electrons. The summed E-state index contributed by atoms with van der Waals surface area (Å²) >= 11 is 0. The standard InChI is InChI=1S/C25H27N3O.ClH/c29-24(25(12-13-25)21-16-20-10-4-5-11-22(20)26-17-21)27-23(18-28-14-6-7-15-28)19-8-2-1-3-9-19;/h1-5,8-11,16-17,23H,6-7,12-15,18H2,(H,27,29);1H. The number of hydrogen-bond donors (Lipinski definition) is 1. The molecule has 1 saturated heterocycles. The molecule has 2 aliphatic rings. The molecular formula is C25H28ClN3O. The topological polar surface area (TPSA) is 45.2 Å². The minimum Gasteiger partial charge on any atom is -0.347 e. The van der Waals surface area contributed by atoms with Gasteiger partial charge in [0, 0.05) is 18.1 Å². The van der Waals surface area contributed by atoms with Crippen LogP contribution in [0, 0.1) is 0 Å². The van der Waals surface area contributed by atoms with Gasteiger partial charge in [-0.15, -0.1) is 12.4 Å². The quantitative estimate of drug-likeness (QED) is 0.630. The zero-order chi connectivity index (χ0) is 19.7. The minimum atomic E-state index is -0.422. The van der Waals surface area contributed by atoms with Crippen molar-refractivity contribution in [2.75, 3.05) is 19.6 Å². The Bertz CT molecular complexity index is 1010. The molecule has 1 unspecified atom stereocenters. The second kappa shape index (κ2) is 8.75. The van der Waals surface area contributed by atoms with Crippen molar-refractivity contribution >= 4 is 29.2 Å². The number of likely N-dealkylation sites (tertiary alicyclic amines) is 1. The number of nitrogens with zero attached hydrogens (tertiary/aromatic N) is 2. The molecule has 1 N–H and O–H groups in total. The number of aromatic nitrogens is 1. The molecule has 5 heteroatoms. The molecule has 5 rings (SSSR count). The molecule has 2 heterocycles. The van der Waals surface area contributed by atoms with Crippen LogP contribution in [0.1, 0.15) is 42.9 Å². The maximum Gasteiger partial charge on any atom is 0.231 e. The van der Waals surface area contributed by atoms with Crippen molar-refractivity contribution in [1.82, 2.24) is 15.2 Å². The van der Waals surface area contributed by atoms with Crippen LogP contribution in [-0.4, -0.2) is 35.4 Å². The zero-order valence-electron chi connectivity index (χ0n) is 17.1. The number of nitrogens with one attached hydrogen (secondary N) is 1. The molecule has 1 amide bonds. The highest BCUT2D eigenvalue weighted by Gasteiger charge is 2.52. The Labute approximate surface area is 184 Å². The monoisotopic (exact) mass is 421 g/mol. The lowest BCUT2D eigenvalue weighted by Gasteiger charge is -2.27. The largest absolute Gasteiger partial charge is 0.347 e. The number of carbonyl (C=O) groups is 1. The summed E-state index contributed by atoms with van der Waals surface area (Å²) in [5.41, 5.74) is 2.78. The second-order valence-electron chi connectivity index (χ2n) is 8.44. The molecule has 1 aromatic heterocycles. The third-order valence-electron chi connectivity index (χ3n) is 6.47. The molecule has 2 fully saturated rings. The van der Waals surface area contributed by atoms with Crippen molar-refractivity contribution in [3.63, 3.8) is 0 Å². The van der Waals surface area contributed by atoms with Crippen LogP contribution in [0.15, 0.2) is 66.9 Å². The molecule has 1 aliphatic heterocycles. The van der Waals surface area contributed by atoms with Gasteiger partial charge in [0.1, 0.15) is 0 Å². The summed E-state index contributed by atoms with van der Waals surface area (Å²) in [7, 11) is 0. The van der Waals surface area contributed by atoms with E-state index in [0.29, 0.717) is 0 Å². The SMILES string of the molecule is Cl.O=C(NC(CN1CCCC1)c1ccccc1)C1(c2cnc3ccccc3c2)CC1. The summed E-state index contributed by atoms with van der Waals surface area (Å²) in [5.74, 6) is 0.141. The fraction of sp³-hybridized carbons (Fsp3) is 0.360. The Morgan fingerprint density at radius 1 is 1.03 bits per heavy atom. The lowest BCUT2D eigenvalue weighted by atomic mass is 9.94. The average Bonchev–Trinajstić information content (AvgIpc) is 3.43. The van der Waals surface area contributed by atoms with Crippen LogP contribution in [0.2, 0.25) is 0 Å². The van der Waals surface area contributed by atoms with Gasteiger partial charge < -0.3 is 10.2 Å². The first-order valence-electron chi connectivity index (χ1n) is 10.7. The van der Waals surface area contributed by atoms with Crippen LogP contribution in [0.4, 0.5) is 0 Å². The first-order valence-corrected chi connectivity index (χ1v) is 10.7. The van der Waals surface area contributed by atoms with Gasteiger partial charge in [0.15, 0.2) is 0 Å². The Morgan fingerprint density at radius 2 is 1.73 bits per heavy atom. The van der Waals surface area contributed by atoms with Gasteiger partial charge in [-0.25, -0.2) is 0 Å². The molecule has 0 bridgehead atoms. The van der Waals surface area contributed by atoms with E-state index in [9.17, 15) is 4.79 Å². The third kappa shape index (κ3) is 4.07. The Balaban J connectivity index is 0.00000218. The number of halogens is 1. The number of para-hydroxylation sites is 1. The third-order valence-corrected chi connectivity index (χ3v) is 6.47. The van der Waals surface area contributed by atoms with Crippen molar-refractivity contribution < 1.29 is 4.79 Å². The Kier molecular flexibility index (Phi) is 6.07. The fourth-order valence-corrected chi connectivity index (χ4v) is 4.54. The van der Waals surface area contributed by atoms with E-state index < -0.39 is 5.41 Å². The molecule has 156 valence electrons. The Hall–Kier alpha value is -2.43. The van der Waals surface area contributed by atoms with E-state index in [-0.39, 0.29) is 24.4 Å². The van der Waals surface area contributed by atoms with Crippen molar-refractivity contribution in [2.24, 2.45) is 0 Å². The highest BCUT2D eigenvalue weighted by molar-refractivity contribution is 5.93. The van der Waals surface area contributed by atoms with Gasteiger partial charge in [-0.1, -0.05) is 48.5 Å². The summed E-state index contributed by atoms with van der Waals surface area (Å²) in [6.07, 6.45) is 6.19. The van der Waals surface area contributed by atoms with E-state index in [4.69, 9.17) is 0 Å². The van der Waals surface area contributed by atoms with Gasteiger partial charge in [-0.2, -0.15) is 0 Å². The predicted molar refractivity (Wildman–Crippen MR) is 123 cm³/mol. The van der Waals surface area contributed by atoms with E-state index in [1.807, 2.05) is 30.5 Å². The summed E-state index contributed by atoms with van der Waals surface area (Å²) in [4.78, 5) is 20.5. The van der Waals surface area contributed by atoms with Crippen LogP contribution in [-0.2, 0) is 10.2 Å². The van der Waals surface area contributed by atoms with Gasteiger partial charge in [0.2, 0.25) is 5.91 Å². The van der Waals surface area contributed by atoms with Crippen LogP contribution in [0.3, 0.4) is 0 Å². The maximum atomic E-state index is 13.5. The fourth-order valence-electron chi connectivity index (χ4n) is 4.54. The van der Waals surface area contributed by atoms with Crippen molar-refractivity contribution in [3.8, 4) is 0 Å². The van der Waals surface area contributed by atoms with E-state index in [0.717, 1.165) is 48.9 Å². The summed E-state index contributed by atoms with van der Waals surface area (Å²) < 4.78 is 0. The number of pyridine rings is 1. The molecule has 30 heavy (non-hydrogen) atoms. The second-order valence-corrected chi connectivity index (χ2v) is 8.44. The van der Waals surface area contributed by atoms with Crippen LogP contribution in [0.25, 0.3) is 10.9 Å².